The zero-order valence-electron chi connectivity index (χ0n) is 11.4. The average Bonchev–Trinajstić information content (AvgIpc) is 2.83. The first-order valence-corrected chi connectivity index (χ1v) is 7.67. The molecule has 0 bridgehead atoms. The van der Waals surface area contributed by atoms with Gasteiger partial charge in [-0.3, -0.25) is 4.79 Å². The van der Waals surface area contributed by atoms with E-state index in [1.54, 1.807) is 0 Å². The Labute approximate surface area is 123 Å². The molecule has 0 saturated carbocycles. The zero-order chi connectivity index (χ0) is 13.8. The number of carbonyl (C=O) groups is 1. The number of amides is 1. The summed E-state index contributed by atoms with van der Waals surface area (Å²) in [4.78, 5) is 12.3. The summed E-state index contributed by atoms with van der Waals surface area (Å²) in [6.45, 7) is 5.96. The molecular formula is C15H21BrN2O. The van der Waals surface area contributed by atoms with Gasteiger partial charge in [0, 0.05) is 11.0 Å². The van der Waals surface area contributed by atoms with E-state index >= 15 is 0 Å². The van der Waals surface area contributed by atoms with Crippen LogP contribution in [0.25, 0.3) is 0 Å². The van der Waals surface area contributed by atoms with E-state index < -0.39 is 0 Å². The van der Waals surface area contributed by atoms with Gasteiger partial charge in [-0.05, 0) is 36.6 Å². The van der Waals surface area contributed by atoms with Gasteiger partial charge in [0.2, 0.25) is 5.91 Å². The molecule has 1 amide bonds. The summed E-state index contributed by atoms with van der Waals surface area (Å²) in [5.41, 5.74) is 1.16. The summed E-state index contributed by atoms with van der Waals surface area (Å²) in [6.07, 6.45) is 0.905. The van der Waals surface area contributed by atoms with Crippen LogP contribution in [-0.2, 0) is 4.79 Å². The van der Waals surface area contributed by atoms with Crippen molar-refractivity contribution in [1.82, 2.24) is 10.6 Å². The van der Waals surface area contributed by atoms with Gasteiger partial charge in [-0.2, -0.15) is 0 Å². The molecule has 0 aromatic heterocycles. The van der Waals surface area contributed by atoms with E-state index in [-0.39, 0.29) is 17.9 Å². The van der Waals surface area contributed by atoms with Crippen molar-refractivity contribution in [2.24, 2.45) is 11.8 Å². The van der Waals surface area contributed by atoms with E-state index in [2.05, 4.69) is 52.5 Å². The van der Waals surface area contributed by atoms with Gasteiger partial charge in [-0.25, -0.2) is 0 Å². The third kappa shape index (κ3) is 3.57. The normalized spacial score (nSPS) is 24.2. The largest absolute Gasteiger partial charge is 0.349 e. The van der Waals surface area contributed by atoms with Crippen LogP contribution in [0.2, 0.25) is 0 Å². The molecule has 2 rings (SSSR count). The molecule has 3 unspecified atom stereocenters. The predicted molar refractivity (Wildman–Crippen MR) is 80.8 cm³/mol. The molecule has 19 heavy (non-hydrogen) atoms. The second-order valence-corrected chi connectivity index (χ2v) is 6.18. The van der Waals surface area contributed by atoms with Crippen molar-refractivity contribution in [3.8, 4) is 0 Å². The van der Waals surface area contributed by atoms with Gasteiger partial charge >= 0.3 is 0 Å². The smallest absolute Gasteiger partial charge is 0.225 e. The lowest BCUT2D eigenvalue weighted by Crippen LogP contribution is -2.36. The lowest BCUT2D eigenvalue weighted by atomic mass is 9.96. The number of halogens is 1. The lowest BCUT2D eigenvalue weighted by Gasteiger charge is -2.21. The quantitative estimate of drug-likeness (QED) is 0.894. The minimum absolute atomic E-state index is 0.101. The SMILES string of the molecule is CCC(NC(=O)C1CNCC1C)c1ccc(Br)cc1. The number of benzene rings is 1. The summed E-state index contributed by atoms with van der Waals surface area (Å²) in [5, 5.41) is 6.46. The highest BCUT2D eigenvalue weighted by atomic mass is 79.9. The highest BCUT2D eigenvalue weighted by Crippen LogP contribution is 2.22. The molecule has 1 aliphatic rings. The molecule has 1 aromatic rings. The van der Waals surface area contributed by atoms with Crippen molar-refractivity contribution >= 4 is 21.8 Å². The molecule has 1 saturated heterocycles. The number of carbonyl (C=O) groups excluding carboxylic acids is 1. The van der Waals surface area contributed by atoms with Crippen molar-refractivity contribution in [3.05, 3.63) is 34.3 Å². The second kappa shape index (κ2) is 6.53. The summed E-state index contributed by atoms with van der Waals surface area (Å²) in [5.74, 6) is 0.694. The molecule has 104 valence electrons. The molecule has 3 atom stereocenters. The molecule has 0 aliphatic carbocycles. The average molecular weight is 325 g/mol. The molecule has 0 spiro atoms. The maximum absolute atomic E-state index is 12.3. The third-order valence-electron chi connectivity index (χ3n) is 3.85. The van der Waals surface area contributed by atoms with Gasteiger partial charge < -0.3 is 10.6 Å². The van der Waals surface area contributed by atoms with E-state index in [0.29, 0.717) is 5.92 Å². The Balaban J connectivity index is 2.02. The van der Waals surface area contributed by atoms with Gasteiger partial charge in [0.05, 0.1) is 12.0 Å². The maximum Gasteiger partial charge on any atom is 0.225 e. The van der Waals surface area contributed by atoms with E-state index in [9.17, 15) is 4.79 Å². The highest BCUT2D eigenvalue weighted by Gasteiger charge is 2.30. The Morgan fingerprint density at radius 2 is 2.11 bits per heavy atom. The van der Waals surface area contributed by atoms with Crippen molar-refractivity contribution in [2.75, 3.05) is 13.1 Å². The Morgan fingerprint density at radius 3 is 2.63 bits per heavy atom. The van der Waals surface area contributed by atoms with Crippen molar-refractivity contribution < 1.29 is 4.79 Å². The van der Waals surface area contributed by atoms with Crippen LogP contribution in [0.15, 0.2) is 28.7 Å². The van der Waals surface area contributed by atoms with Crippen LogP contribution in [0, 0.1) is 11.8 Å². The van der Waals surface area contributed by atoms with E-state index in [0.717, 1.165) is 29.5 Å². The Hall–Kier alpha value is -0.870. The van der Waals surface area contributed by atoms with E-state index in [1.807, 2.05) is 12.1 Å². The fraction of sp³-hybridized carbons (Fsp3) is 0.533. The van der Waals surface area contributed by atoms with Crippen molar-refractivity contribution in [1.29, 1.82) is 0 Å². The van der Waals surface area contributed by atoms with Gasteiger partial charge in [0.25, 0.3) is 0 Å². The molecule has 0 radical (unpaired) electrons. The lowest BCUT2D eigenvalue weighted by molar-refractivity contribution is -0.126. The summed E-state index contributed by atoms with van der Waals surface area (Å²) in [6, 6.07) is 8.27. The summed E-state index contributed by atoms with van der Waals surface area (Å²) < 4.78 is 1.06. The molecular weight excluding hydrogens is 304 g/mol. The first kappa shape index (κ1) is 14.5. The minimum Gasteiger partial charge on any atom is -0.349 e. The highest BCUT2D eigenvalue weighted by molar-refractivity contribution is 9.10. The topological polar surface area (TPSA) is 41.1 Å². The van der Waals surface area contributed by atoms with Crippen LogP contribution < -0.4 is 10.6 Å². The van der Waals surface area contributed by atoms with Gasteiger partial charge in [0.15, 0.2) is 0 Å². The van der Waals surface area contributed by atoms with Crippen LogP contribution >= 0.6 is 15.9 Å². The van der Waals surface area contributed by atoms with Gasteiger partial charge in [-0.1, -0.05) is 41.9 Å². The standard InChI is InChI=1S/C15H21BrN2O/c1-3-14(11-4-6-12(16)7-5-11)18-15(19)13-9-17-8-10(13)2/h4-7,10,13-14,17H,3,8-9H2,1-2H3,(H,18,19). The van der Waals surface area contributed by atoms with Crippen molar-refractivity contribution in [3.63, 3.8) is 0 Å². The molecule has 1 aliphatic heterocycles. The number of hydrogen-bond acceptors (Lipinski definition) is 2. The van der Waals surface area contributed by atoms with Crippen LogP contribution in [0.3, 0.4) is 0 Å². The summed E-state index contributed by atoms with van der Waals surface area (Å²) in [7, 11) is 0. The first-order chi connectivity index (χ1) is 9.11. The monoisotopic (exact) mass is 324 g/mol. The Kier molecular flexibility index (Phi) is 4.99. The zero-order valence-corrected chi connectivity index (χ0v) is 13.0. The number of nitrogens with one attached hydrogen (secondary N) is 2. The van der Waals surface area contributed by atoms with E-state index in [4.69, 9.17) is 0 Å². The van der Waals surface area contributed by atoms with Crippen LogP contribution in [0.1, 0.15) is 31.9 Å². The fourth-order valence-electron chi connectivity index (χ4n) is 2.56. The number of hydrogen-bond donors (Lipinski definition) is 2. The molecule has 3 nitrogen and oxygen atoms in total. The molecule has 1 fully saturated rings. The molecule has 1 heterocycles. The van der Waals surface area contributed by atoms with Crippen molar-refractivity contribution in [2.45, 2.75) is 26.3 Å². The molecule has 1 aromatic carbocycles. The Morgan fingerprint density at radius 1 is 1.42 bits per heavy atom. The third-order valence-corrected chi connectivity index (χ3v) is 4.38. The second-order valence-electron chi connectivity index (χ2n) is 5.26. The summed E-state index contributed by atoms with van der Waals surface area (Å²) >= 11 is 3.43. The van der Waals surface area contributed by atoms with Crippen LogP contribution in [-0.4, -0.2) is 19.0 Å². The molecule has 2 N–H and O–H groups in total. The van der Waals surface area contributed by atoms with Crippen LogP contribution in [0.4, 0.5) is 0 Å². The minimum atomic E-state index is 0.101. The van der Waals surface area contributed by atoms with Gasteiger partial charge in [-0.15, -0.1) is 0 Å². The number of rotatable bonds is 4. The first-order valence-electron chi connectivity index (χ1n) is 6.88. The van der Waals surface area contributed by atoms with Gasteiger partial charge in [0.1, 0.15) is 0 Å². The molecule has 4 heteroatoms. The fourth-order valence-corrected chi connectivity index (χ4v) is 2.82. The van der Waals surface area contributed by atoms with Crippen LogP contribution in [0.5, 0.6) is 0 Å². The maximum atomic E-state index is 12.3. The Bertz CT molecular complexity index is 432. The van der Waals surface area contributed by atoms with E-state index in [1.165, 1.54) is 0 Å². The predicted octanol–water partition coefficient (Wildman–Crippen LogP) is 2.87.